The second-order valence-corrected chi connectivity index (χ2v) is 7.38. The van der Waals surface area contributed by atoms with Gasteiger partial charge in [-0.1, -0.05) is 16.8 Å². The molecule has 0 unspecified atom stereocenters. The van der Waals surface area contributed by atoms with E-state index in [1.54, 1.807) is 43.3 Å². The second-order valence-electron chi connectivity index (χ2n) is 6.95. The summed E-state index contributed by atoms with van der Waals surface area (Å²) < 4.78 is 5.38. The summed E-state index contributed by atoms with van der Waals surface area (Å²) in [7, 11) is 3.51. The first kappa shape index (κ1) is 19.2. The summed E-state index contributed by atoms with van der Waals surface area (Å²) >= 11 is 5.90. The van der Waals surface area contributed by atoms with Crippen LogP contribution in [0.2, 0.25) is 5.02 Å². The van der Waals surface area contributed by atoms with Gasteiger partial charge < -0.3 is 19.4 Å². The molecule has 1 amide bonds. The topological polar surface area (TPSA) is 86.9 Å². The highest BCUT2D eigenvalue weighted by Gasteiger charge is 2.30. The smallest absolute Gasteiger partial charge is 0.343 e. The number of benzene rings is 1. The van der Waals surface area contributed by atoms with Crippen molar-refractivity contribution in [3.8, 4) is 11.3 Å². The minimum atomic E-state index is -1.08. The summed E-state index contributed by atoms with van der Waals surface area (Å²) in [5, 5.41) is 14.3. The lowest BCUT2D eigenvalue weighted by atomic mass is 9.93. The molecule has 1 fully saturated rings. The Morgan fingerprint density at radius 2 is 1.89 bits per heavy atom. The van der Waals surface area contributed by atoms with Crippen molar-refractivity contribution in [2.24, 2.45) is 5.92 Å². The van der Waals surface area contributed by atoms with Gasteiger partial charge in [0, 0.05) is 44.2 Å². The minimum Gasteiger partial charge on any atom is -0.477 e. The van der Waals surface area contributed by atoms with Gasteiger partial charge in [-0.15, -0.1) is 0 Å². The maximum absolute atomic E-state index is 11.9. The third kappa shape index (κ3) is 4.24. The highest BCUT2D eigenvalue weighted by Crippen LogP contribution is 2.34. The van der Waals surface area contributed by atoms with Gasteiger partial charge in [-0.3, -0.25) is 4.79 Å². The zero-order valence-corrected chi connectivity index (χ0v) is 16.1. The van der Waals surface area contributed by atoms with Crippen molar-refractivity contribution in [3.63, 3.8) is 0 Å². The summed E-state index contributed by atoms with van der Waals surface area (Å²) in [6, 6.07) is 6.77. The van der Waals surface area contributed by atoms with E-state index in [1.807, 2.05) is 4.90 Å². The van der Waals surface area contributed by atoms with Crippen LogP contribution < -0.4 is 4.90 Å². The third-order valence-electron chi connectivity index (χ3n) is 4.87. The molecule has 27 heavy (non-hydrogen) atoms. The summed E-state index contributed by atoms with van der Waals surface area (Å²) in [6.45, 7) is 1.27. The van der Waals surface area contributed by atoms with E-state index in [-0.39, 0.29) is 17.2 Å². The number of anilines is 1. The van der Waals surface area contributed by atoms with Crippen LogP contribution in [-0.4, -0.2) is 54.2 Å². The first-order valence-corrected chi connectivity index (χ1v) is 9.18. The molecule has 144 valence electrons. The summed E-state index contributed by atoms with van der Waals surface area (Å²) in [5.41, 5.74) is 0.669. The monoisotopic (exact) mass is 391 g/mol. The average molecular weight is 392 g/mol. The Morgan fingerprint density at radius 1 is 1.26 bits per heavy atom. The van der Waals surface area contributed by atoms with Crippen LogP contribution in [-0.2, 0) is 4.79 Å². The van der Waals surface area contributed by atoms with Crippen LogP contribution in [0.1, 0.15) is 29.6 Å². The zero-order chi connectivity index (χ0) is 19.6. The van der Waals surface area contributed by atoms with Gasteiger partial charge in [-0.05, 0) is 43.0 Å². The Bertz CT molecular complexity index is 824. The number of hydrogen-bond donors (Lipinski definition) is 1. The molecule has 0 atom stereocenters. The van der Waals surface area contributed by atoms with Crippen molar-refractivity contribution in [2.45, 2.75) is 19.3 Å². The van der Waals surface area contributed by atoms with Gasteiger partial charge in [0.25, 0.3) is 0 Å². The number of carbonyl (C=O) groups excluding carboxylic acids is 1. The lowest BCUT2D eigenvalue weighted by Gasteiger charge is -2.32. The van der Waals surface area contributed by atoms with Crippen LogP contribution in [0.15, 0.2) is 28.8 Å². The fourth-order valence-electron chi connectivity index (χ4n) is 3.27. The van der Waals surface area contributed by atoms with Gasteiger partial charge in [0.05, 0.1) is 0 Å². The average Bonchev–Trinajstić information content (AvgIpc) is 3.08. The Morgan fingerprint density at radius 3 is 2.44 bits per heavy atom. The maximum Gasteiger partial charge on any atom is 0.343 e. The first-order chi connectivity index (χ1) is 12.9. The Labute approximate surface area is 162 Å². The third-order valence-corrected chi connectivity index (χ3v) is 5.12. The highest BCUT2D eigenvalue weighted by atomic mass is 35.5. The van der Waals surface area contributed by atoms with Crippen molar-refractivity contribution in [2.75, 3.05) is 32.1 Å². The Kier molecular flexibility index (Phi) is 5.70. The maximum atomic E-state index is 11.9. The lowest BCUT2D eigenvalue weighted by Crippen LogP contribution is -2.36. The molecule has 0 spiro atoms. The van der Waals surface area contributed by atoms with Crippen molar-refractivity contribution >= 4 is 29.3 Å². The van der Waals surface area contributed by atoms with Crippen LogP contribution in [0.5, 0.6) is 0 Å². The molecule has 7 nitrogen and oxygen atoms in total. The Balaban J connectivity index is 1.77. The zero-order valence-electron chi connectivity index (χ0n) is 15.3. The van der Waals surface area contributed by atoms with Crippen molar-refractivity contribution < 1.29 is 19.2 Å². The lowest BCUT2D eigenvalue weighted by molar-refractivity contribution is -0.129. The molecule has 2 aromatic rings. The minimum absolute atomic E-state index is 0.0557. The molecule has 1 aromatic carbocycles. The SMILES string of the molecule is CN(C)C(=O)CC1CCN(c2noc(-c3ccc(Cl)cc3)c2C(=O)O)CC1. The number of aromatic carboxylic acids is 1. The van der Waals surface area contributed by atoms with E-state index in [4.69, 9.17) is 16.1 Å². The van der Waals surface area contributed by atoms with Crippen molar-refractivity contribution in [1.82, 2.24) is 10.1 Å². The number of carboxylic acid groups (broad SMARTS) is 1. The van der Waals surface area contributed by atoms with E-state index in [2.05, 4.69) is 5.16 Å². The first-order valence-electron chi connectivity index (χ1n) is 8.80. The molecule has 1 aromatic heterocycles. The van der Waals surface area contributed by atoms with Gasteiger partial charge >= 0.3 is 5.97 Å². The largest absolute Gasteiger partial charge is 0.477 e. The van der Waals surface area contributed by atoms with Gasteiger partial charge in [-0.2, -0.15) is 0 Å². The van der Waals surface area contributed by atoms with E-state index in [1.165, 1.54) is 0 Å². The molecule has 0 radical (unpaired) electrons. The number of nitrogens with zero attached hydrogens (tertiary/aromatic N) is 3. The summed E-state index contributed by atoms with van der Waals surface area (Å²) in [4.78, 5) is 27.3. The molecule has 3 rings (SSSR count). The molecule has 1 aliphatic heterocycles. The fourth-order valence-corrected chi connectivity index (χ4v) is 3.39. The van der Waals surface area contributed by atoms with Gasteiger partial charge in [0.1, 0.15) is 0 Å². The number of halogens is 1. The molecular formula is C19H22ClN3O4. The van der Waals surface area contributed by atoms with E-state index < -0.39 is 5.97 Å². The number of amides is 1. The number of carbonyl (C=O) groups is 2. The van der Waals surface area contributed by atoms with Crippen molar-refractivity contribution in [1.29, 1.82) is 0 Å². The van der Waals surface area contributed by atoms with Gasteiger partial charge in [-0.25, -0.2) is 4.79 Å². The number of aromatic nitrogens is 1. The molecule has 1 N–H and O–H groups in total. The van der Waals surface area contributed by atoms with Crippen LogP contribution in [0.25, 0.3) is 11.3 Å². The van der Waals surface area contributed by atoms with Crippen molar-refractivity contribution in [3.05, 3.63) is 34.9 Å². The molecule has 0 aliphatic carbocycles. The highest BCUT2D eigenvalue weighted by molar-refractivity contribution is 6.30. The van der Waals surface area contributed by atoms with Crippen LogP contribution in [0.3, 0.4) is 0 Å². The molecular weight excluding hydrogens is 370 g/mol. The quantitative estimate of drug-likeness (QED) is 0.840. The molecule has 0 bridgehead atoms. The van der Waals surface area contributed by atoms with Crippen LogP contribution in [0, 0.1) is 5.92 Å². The summed E-state index contributed by atoms with van der Waals surface area (Å²) in [6.07, 6.45) is 2.13. The Hall–Kier alpha value is -2.54. The summed E-state index contributed by atoms with van der Waals surface area (Å²) in [5.74, 6) is -0.108. The predicted molar refractivity (Wildman–Crippen MR) is 102 cm³/mol. The van der Waals surface area contributed by atoms with E-state index >= 15 is 0 Å². The number of piperidine rings is 1. The van der Waals surface area contributed by atoms with Gasteiger partial charge in [0.15, 0.2) is 17.1 Å². The number of carboxylic acids is 1. The van der Waals surface area contributed by atoms with Crippen LogP contribution >= 0.6 is 11.6 Å². The molecule has 1 aliphatic rings. The van der Waals surface area contributed by atoms with Crippen LogP contribution in [0.4, 0.5) is 5.82 Å². The standard InChI is InChI=1S/C19H22ClN3O4/c1-22(2)15(24)11-12-7-9-23(10-8-12)18-16(19(25)26)17(27-21-18)13-3-5-14(20)6-4-13/h3-6,12H,7-11H2,1-2H3,(H,25,26). The van der Waals surface area contributed by atoms with E-state index in [9.17, 15) is 14.7 Å². The number of hydrogen-bond acceptors (Lipinski definition) is 5. The van der Waals surface area contributed by atoms with E-state index in [0.29, 0.717) is 41.8 Å². The predicted octanol–water partition coefficient (Wildman–Crippen LogP) is 3.39. The van der Waals surface area contributed by atoms with Gasteiger partial charge in [0.2, 0.25) is 5.91 Å². The molecule has 8 heteroatoms. The molecule has 2 heterocycles. The normalized spacial score (nSPS) is 15.0. The molecule has 1 saturated heterocycles. The number of rotatable bonds is 5. The second kappa shape index (κ2) is 8.00. The molecule has 0 saturated carbocycles. The van der Waals surface area contributed by atoms with E-state index in [0.717, 1.165) is 12.8 Å². The fraction of sp³-hybridized carbons (Fsp3) is 0.421.